The molecule has 36 heavy (non-hydrogen) atoms. The van der Waals surface area contributed by atoms with Crippen molar-refractivity contribution in [2.45, 2.75) is 57.3 Å². The van der Waals surface area contributed by atoms with E-state index < -0.39 is 5.97 Å². The summed E-state index contributed by atoms with van der Waals surface area (Å²) in [7, 11) is 0. The van der Waals surface area contributed by atoms with Gasteiger partial charge < -0.3 is 19.7 Å². The summed E-state index contributed by atoms with van der Waals surface area (Å²) < 4.78 is 7.23. The molecule has 4 heterocycles. The Bertz CT molecular complexity index is 1400. The van der Waals surface area contributed by atoms with E-state index in [4.69, 9.17) is 4.74 Å². The van der Waals surface area contributed by atoms with Crippen molar-refractivity contribution in [1.82, 2.24) is 19.8 Å². The Morgan fingerprint density at radius 1 is 1.19 bits per heavy atom. The van der Waals surface area contributed by atoms with Gasteiger partial charge in [-0.25, -0.2) is 4.98 Å². The predicted octanol–water partition coefficient (Wildman–Crippen LogP) is 5.00. The van der Waals surface area contributed by atoms with Gasteiger partial charge >= 0.3 is 5.97 Å². The first-order valence-electron chi connectivity index (χ1n) is 12.3. The summed E-state index contributed by atoms with van der Waals surface area (Å²) in [5.41, 5.74) is 3.21. The van der Waals surface area contributed by atoms with Crippen molar-refractivity contribution in [1.29, 1.82) is 0 Å². The van der Waals surface area contributed by atoms with E-state index >= 15 is 0 Å². The molecule has 0 aliphatic carbocycles. The summed E-state index contributed by atoms with van der Waals surface area (Å²) >= 11 is 1.54. The number of carboxylic acids is 1. The maximum atomic E-state index is 12.1. The van der Waals surface area contributed by atoms with E-state index in [9.17, 15) is 14.7 Å². The molecule has 0 saturated carbocycles. The highest BCUT2D eigenvalue weighted by Crippen LogP contribution is 2.40. The summed E-state index contributed by atoms with van der Waals surface area (Å²) in [6.07, 6.45) is 5.86. The van der Waals surface area contributed by atoms with E-state index in [0.717, 1.165) is 59.1 Å². The first-order valence-corrected chi connectivity index (χ1v) is 13.1. The van der Waals surface area contributed by atoms with Crippen molar-refractivity contribution >= 4 is 44.3 Å². The minimum atomic E-state index is -0.956. The fourth-order valence-electron chi connectivity index (χ4n) is 5.95. The lowest BCUT2D eigenvalue weighted by Crippen LogP contribution is -2.52. The molecule has 2 aliphatic heterocycles. The number of aromatic nitrogens is 2. The quantitative estimate of drug-likeness (QED) is 0.368. The molecule has 2 aromatic heterocycles. The molecule has 1 amide bonds. The molecule has 2 bridgehead atoms. The minimum Gasteiger partial charge on any atom is -0.480 e. The Morgan fingerprint density at radius 2 is 1.97 bits per heavy atom. The van der Waals surface area contributed by atoms with Gasteiger partial charge in [0.2, 0.25) is 5.91 Å². The SMILES string of the molecule is CC(=O)N(CC(=O)O)C1CC2CCC(C1)N2Cc1c[nH]c2ccc(Oc3nc4ccccc4s3)cc12. The minimum absolute atomic E-state index is 0.0101. The van der Waals surface area contributed by atoms with Crippen molar-refractivity contribution in [3.63, 3.8) is 0 Å². The summed E-state index contributed by atoms with van der Waals surface area (Å²) in [5, 5.41) is 11.0. The Balaban J connectivity index is 1.20. The lowest BCUT2D eigenvalue weighted by molar-refractivity contribution is -0.146. The number of carbonyl (C=O) groups excluding carboxylic acids is 1. The van der Waals surface area contributed by atoms with Crippen LogP contribution in [0.5, 0.6) is 10.9 Å². The maximum Gasteiger partial charge on any atom is 0.323 e. The van der Waals surface area contributed by atoms with Gasteiger partial charge in [-0.05, 0) is 61.6 Å². The van der Waals surface area contributed by atoms with Crippen molar-refractivity contribution in [3.8, 4) is 10.9 Å². The molecule has 4 aromatic rings. The number of carbonyl (C=O) groups is 2. The van der Waals surface area contributed by atoms with Gasteiger partial charge in [-0.15, -0.1) is 0 Å². The third-order valence-electron chi connectivity index (χ3n) is 7.58. The zero-order valence-electron chi connectivity index (χ0n) is 20.0. The van der Waals surface area contributed by atoms with Crippen molar-refractivity contribution in [3.05, 3.63) is 54.2 Å². The van der Waals surface area contributed by atoms with Crippen LogP contribution in [0.4, 0.5) is 0 Å². The molecular weight excluding hydrogens is 476 g/mol. The average molecular weight is 505 g/mol. The summed E-state index contributed by atoms with van der Waals surface area (Å²) in [6.45, 7) is 2.06. The van der Waals surface area contributed by atoms with Gasteiger partial charge in [0.15, 0.2) is 0 Å². The maximum absolute atomic E-state index is 12.1. The molecule has 2 unspecified atom stereocenters. The normalized spacial score (nSPS) is 21.8. The van der Waals surface area contributed by atoms with Crippen LogP contribution < -0.4 is 4.74 Å². The smallest absolute Gasteiger partial charge is 0.323 e. The number of benzene rings is 2. The molecule has 9 heteroatoms. The number of hydrogen-bond acceptors (Lipinski definition) is 6. The number of rotatable bonds is 7. The second kappa shape index (κ2) is 9.22. The zero-order valence-corrected chi connectivity index (χ0v) is 20.8. The van der Waals surface area contributed by atoms with E-state index in [-0.39, 0.29) is 18.5 Å². The van der Waals surface area contributed by atoms with Gasteiger partial charge in [0.25, 0.3) is 5.19 Å². The first-order chi connectivity index (χ1) is 17.4. The number of aliphatic carboxylic acids is 1. The molecule has 186 valence electrons. The van der Waals surface area contributed by atoms with E-state index in [1.165, 1.54) is 23.8 Å². The van der Waals surface area contributed by atoms with Gasteiger partial charge in [0.1, 0.15) is 12.3 Å². The third kappa shape index (κ3) is 4.33. The second-order valence-corrected chi connectivity index (χ2v) is 10.8. The van der Waals surface area contributed by atoms with Crippen LogP contribution in [-0.4, -0.2) is 61.4 Å². The number of nitrogens with zero attached hydrogens (tertiary/aromatic N) is 3. The summed E-state index contributed by atoms with van der Waals surface area (Å²) in [4.78, 5) is 35.5. The fraction of sp³-hybridized carbons (Fsp3) is 0.370. The van der Waals surface area contributed by atoms with Crippen LogP contribution in [0.25, 0.3) is 21.1 Å². The van der Waals surface area contributed by atoms with E-state index in [1.807, 2.05) is 36.4 Å². The number of carboxylic acid groups (broad SMARTS) is 1. The Hall–Kier alpha value is -3.43. The van der Waals surface area contributed by atoms with E-state index in [0.29, 0.717) is 17.3 Å². The highest BCUT2D eigenvalue weighted by molar-refractivity contribution is 7.20. The third-order valence-corrected chi connectivity index (χ3v) is 8.50. The number of H-pyrrole nitrogens is 1. The molecular formula is C27H28N4O4S. The number of fused-ring (bicyclic) bond motifs is 4. The van der Waals surface area contributed by atoms with Crippen LogP contribution in [0.2, 0.25) is 0 Å². The molecule has 2 N–H and O–H groups in total. The highest BCUT2D eigenvalue weighted by Gasteiger charge is 2.43. The number of thiazole rings is 1. The van der Waals surface area contributed by atoms with Crippen LogP contribution >= 0.6 is 11.3 Å². The largest absolute Gasteiger partial charge is 0.480 e. The molecule has 2 atom stereocenters. The number of piperidine rings is 1. The molecule has 2 aromatic carbocycles. The molecule has 2 saturated heterocycles. The molecule has 0 radical (unpaired) electrons. The lowest BCUT2D eigenvalue weighted by Gasteiger charge is -2.42. The average Bonchev–Trinajstić information content (AvgIpc) is 3.50. The van der Waals surface area contributed by atoms with Crippen LogP contribution in [0.3, 0.4) is 0 Å². The van der Waals surface area contributed by atoms with E-state index in [2.05, 4.69) is 27.1 Å². The van der Waals surface area contributed by atoms with Crippen molar-refractivity contribution in [2.24, 2.45) is 0 Å². The van der Waals surface area contributed by atoms with Gasteiger partial charge in [-0.1, -0.05) is 23.5 Å². The van der Waals surface area contributed by atoms with Gasteiger partial charge in [-0.3, -0.25) is 14.5 Å². The Morgan fingerprint density at radius 3 is 2.69 bits per heavy atom. The Labute approximate surface area is 212 Å². The molecule has 8 nitrogen and oxygen atoms in total. The standard InChI is InChI=1S/C27H28N4O4S/c1-16(32)30(15-26(33)34)20-10-18-6-7-19(11-20)31(18)14-17-13-28-23-9-8-21(12-22(17)23)35-27-29-24-4-2-3-5-25(24)36-27/h2-5,8-9,12-13,18-20,28H,6-7,10-11,14-15H2,1H3,(H,33,34). The second-order valence-electron chi connectivity index (χ2n) is 9.79. The van der Waals surface area contributed by atoms with Crippen LogP contribution in [-0.2, 0) is 16.1 Å². The molecule has 6 rings (SSSR count). The highest BCUT2D eigenvalue weighted by atomic mass is 32.1. The zero-order chi connectivity index (χ0) is 24.8. The number of hydrogen-bond donors (Lipinski definition) is 2. The number of para-hydroxylation sites is 1. The van der Waals surface area contributed by atoms with Gasteiger partial charge in [-0.2, -0.15) is 0 Å². The van der Waals surface area contributed by atoms with Crippen LogP contribution in [0, 0.1) is 0 Å². The van der Waals surface area contributed by atoms with Gasteiger partial charge in [0.05, 0.1) is 10.2 Å². The van der Waals surface area contributed by atoms with Crippen LogP contribution in [0.1, 0.15) is 38.2 Å². The van der Waals surface area contributed by atoms with Gasteiger partial charge in [0, 0.05) is 48.7 Å². The monoisotopic (exact) mass is 504 g/mol. The number of aromatic amines is 1. The predicted molar refractivity (Wildman–Crippen MR) is 138 cm³/mol. The Kier molecular flexibility index (Phi) is 5.89. The number of nitrogens with one attached hydrogen (secondary N) is 1. The number of ether oxygens (including phenoxy) is 1. The van der Waals surface area contributed by atoms with Crippen molar-refractivity contribution < 1.29 is 19.4 Å². The summed E-state index contributed by atoms with van der Waals surface area (Å²) in [5.74, 6) is -0.356. The molecule has 0 spiro atoms. The fourth-order valence-corrected chi connectivity index (χ4v) is 6.78. The van der Waals surface area contributed by atoms with Crippen molar-refractivity contribution in [2.75, 3.05) is 6.54 Å². The number of amides is 1. The molecule has 2 aliphatic rings. The van der Waals surface area contributed by atoms with Crippen LogP contribution in [0.15, 0.2) is 48.7 Å². The summed E-state index contributed by atoms with van der Waals surface area (Å²) in [6, 6.07) is 14.8. The lowest BCUT2D eigenvalue weighted by atomic mass is 9.95. The first kappa shape index (κ1) is 23.0. The molecule has 2 fully saturated rings. The topological polar surface area (TPSA) is 98.8 Å². The van der Waals surface area contributed by atoms with E-state index in [1.54, 1.807) is 4.90 Å².